The molecule has 0 spiro atoms. The van der Waals surface area contributed by atoms with Crippen LogP contribution in [0.4, 0.5) is 5.69 Å². The van der Waals surface area contributed by atoms with Crippen molar-refractivity contribution >= 4 is 45.7 Å². The molecule has 6 nitrogen and oxygen atoms in total. The Hall–Kier alpha value is -2.57. The molecule has 1 heterocycles. The number of aromatic amines is 1. The van der Waals surface area contributed by atoms with Crippen molar-refractivity contribution in [2.75, 3.05) is 0 Å². The molecule has 0 aliphatic heterocycles. The monoisotopic (exact) mass is 349 g/mol. The van der Waals surface area contributed by atoms with Crippen molar-refractivity contribution in [1.29, 1.82) is 0 Å². The number of hydrogen-bond donors (Lipinski definition) is 3. The summed E-state index contributed by atoms with van der Waals surface area (Å²) in [7, 11) is 0. The maximum atomic E-state index is 12.0. The third kappa shape index (κ3) is 2.86. The molecule has 0 unspecified atom stereocenters. The van der Waals surface area contributed by atoms with Gasteiger partial charge >= 0.3 is 0 Å². The number of phenols is 1. The summed E-state index contributed by atoms with van der Waals surface area (Å²) in [6.07, 6.45) is 0. The van der Waals surface area contributed by atoms with Crippen LogP contribution in [0.3, 0.4) is 0 Å². The van der Waals surface area contributed by atoms with E-state index in [9.17, 15) is 15.0 Å². The number of nitrogens with zero attached hydrogens (tertiary/aromatic N) is 2. The number of fused-ring (bicyclic) bond motifs is 1. The van der Waals surface area contributed by atoms with E-state index >= 15 is 0 Å². The molecule has 0 fully saturated rings. The molecule has 3 N–H and O–H groups in total. The van der Waals surface area contributed by atoms with E-state index in [0.717, 1.165) is 0 Å². The minimum atomic E-state index is -0.745. The number of hydrogen-bond acceptors (Lipinski definition) is 4. The normalized spacial score (nSPS) is 11.4. The maximum Gasteiger partial charge on any atom is 0.299 e. The molecule has 1 aromatic heterocycles. The molecular formula is C15H9Cl2N3O3. The Balaban J connectivity index is 2.03. The second-order valence-corrected chi connectivity index (χ2v) is 5.50. The smallest absolute Gasteiger partial charge is 0.299 e. The lowest BCUT2D eigenvalue weighted by atomic mass is 10.2. The number of para-hydroxylation sites is 1. The lowest BCUT2D eigenvalue weighted by Gasteiger charge is -1.98. The number of nitrogens with one attached hydrogen (secondary N) is 1. The number of carbonyl (C=O) groups is 1. The van der Waals surface area contributed by atoms with Gasteiger partial charge in [0.2, 0.25) is 5.88 Å². The summed E-state index contributed by atoms with van der Waals surface area (Å²) in [4.78, 5) is 14.6. The van der Waals surface area contributed by atoms with Gasteiger partial charge in [0.25, 0.3) is 5.91 Å². The summed E-state index contributed by atoms with van der Waals surface area (Å²) in [5.41, 5.74) is 0.470. The second kappa shape index (κ2) is 5.91. The molecule has 3 aromatic rings. The molecule has 0 saturated carbocycles. The molecule has 0 radical (unpaired) electrons. The quantitative estimate of drug-likeness (QED) is 0.579. The van der Waals surface area contributed by atoms with E-state index in [4.69, 9.17) is 23.2 Å². The van der Waals surface area contributed by atoms with Crippen LogP contribution in [0.5, 0.6) is 11.6 Å². The molecule has 0 saturated heterocycles. The highest BCUT2D eigenvalue weighted by Crippen LogP contribution is 2.40. The van der Waals surface area contributed by atoms with Crippen molar-refractivity contribution in [1.82, 2.24) is 4.98 Å². The lowest BCUT2D eigenvalue weighted by molar-refractivity contribution is 0.0992. The van der Waals surface area contributed by atoms with Crippen LogP contribution in [0.15, 0.2) is 46.6 Å². The summed E-state index contributed by atoms with van der Waals surface area (Å²) in [6, 6.07) is 9.00. The van der Waals surface area contributed by atoms with Gasteiger partial charge in [0.05, 0.1) is 16.1 Å². The number of halogens is 2. The fraction of sp³-hybridized carbons (Fsp3) is 0. The predicted octanol–water partition coefficient (Wildman–Crippen LogP) is 4.81. The van der Waals surface area contributed by atoms with Gasteiger partial charge in [-0.2, -0.15) is 0 Å². The summed E-state index contributed by atoms with van der Waals surface area (Å²) in [5.74, 6) is -1.24. The first-order valence-corrected chi connectivity index (χ1v) is 7.16. The number of H-pyrrole nitrogens is 1. The third-order valence-electron chi connectivity index (χ3n) is 3.15. The number of carbonyl (C=O) groups excluding carboxylic acids is 1. The molecule has 0 atom stereocenters. The number of phenolic OH excluding ortho intramolecular Hbond substituents is 1. The van der Waals surface area contributed by atoms with Crippen molar-refractivity contribution < 1.29 is 15.0 Å². The summed E-state index contributed by atoms with van der Waals surface area (Å²) < 4.78 is 0. The average Bonchev–Trinajstić information content (AvgIpc) is 2.81. The number of benzene rings is 2. The van der Waals surface area contributed by atoms with Crippen LogP contribution >= 0.6 is 23.2 Å². The van der Waals surface area contributed by atoms with Crippen molar-refractivity contribution in [3.05, 3.63) is 52.0 Å². The SMILES string of the molecule is O=C(N=Nc1c(O)[nH]c2c(Cl)cc(Cl)cc12)c1ccccc1O. The Kier molecular flexibility index (Phi) is 3.94. The zero-order chi connectivity index (χ0) is 16.6. The molecule has 3 rings (SSSR count). The Morgan fingerprint density at radius 3 is 2.61 bits per heavy atom. The van der Waals surface area contributed by atoms with E-state index in [1.807, 2.05) is 0 Å². The lowest BCUT2D eigenvalue weighted by Crippen LogP contribution is -1.93. The van der Waals surface area contributed by atoms with Gasteiger partial charge in [0, 0.05) is 10.4 Å². The molecule has 0 bridgehead atoms. The zero-order valence-corrected chi connectivity index (χ0v) is 12.9. The Bertz CT molecular complexity index is 951. The third-order valence-corrected chi connectivity index (χ3v) is 3.67. The molecular weight excluding hydrogens is 341 g/mol. The summed E-state index contributed by atoms with van der Waals surface area (Å²) in [5, 5.41) is 27.9. The van der Waals surface area contributed by atoms with Gasteiger partial charge in [0.1, 0.15) is 5.75 Å². The molecule has 0 aliphatic carbocycles. The molecule has 23 heavy (non-hydrogen) atoms. The highest BCUT2D eigenvalue weighted by molar-refractivity contribution is 6.38. The second-order valence-electron chi connectivity index (χ2n) is 4.65. The molecule has 0 aliphatic rings. The van der Waals surface area contributed by atoms with Crippen LogP contribution in [0.2, 0.25) is 10.0 Å². The average molecular weight is 350 g/mol. The Morgan fingerprint density at radius 1 is 1.13 bits per heavy atom. The number of aromatic nitrogens is 1. The standard InChI is InChI=1S/C15H9Cl2N3O3/c16-7-5-9-12(10(17)6-7)18-15(23)13(9)19-20-14(22)8-3-1-2-4-11(8)21/h1-6,18,21,23H. The van der Waals surface area contributed by atoms with E-state index in [-0.39, 0.29) is 22.9 Å². The highest BCUT2D eigenvalue weighted by atomic mass is 35.5. The van der Waals surface area contributed by atoms with Gasteiger partial charge in [-0.25, -0.2) is 0 Å². The highest BCUT2D eigenvalue weighted by Gasteiger charge is 2.15. The molecule has 1 amide bonds. The fourth-order valence-electron chi connectivity index (χ4n) is 2.10. The van der Waals surface area contributed by atoms with E-state index in [0.29, 0.717) is 20.9 Å². The van der Waals surface area contributed by atoms with Crippen molar-refractivity contribution in [3.63, 3.8) is 0 Å². The minimum absolute atomic E-state index is 0.00615. The first-order valence-electron chi connectivity index (χ1n) is 6.41. The van der Waals surface area contributed by atoms with Gasteiger partial charge in [0.15, 0.2) is 5.69 Å². The summed E-state index contributed by atoms with van der Waals surface area (Å²) in [6.45, 7) is 0. The number of amides is 1. The minimum Gasteiger partial charge on any atom is -0.507 e. The topological polar surface area (TPSA) is 98.0 Å². The van der Waals surface area contributed by atoms with Crippen LogP contribution in [0.25, 0.3) is 10.9 Å². The van der Waals surface area contributed by atoms with E-state index in [1.165, 1.54) is 24.3 Å². The Labute approximate surface area is 140 Å². The van der Waals surface area contributed by atoms with Gasteiger partial charge in [-0.05, 0) is 24.3 Å². The molecule has 116 valence electrons. The fourth-order valence-corrected chi connectivity index (χ4v) is 2.64. The van der Waals surface area contributed by atoms with Gasteiger partial charge in [-0.3, -0.25) is 4.79 Å². The van der Waals surface area contributed by atoms with Crippen LogP contribution < -0.4 is 0 Å². The van der Waals surface area contributed by atoms with Crippen LogP contribution in [0.1, 0.15) is 10.4 Å². The van der Waals surface area contributed by atoms with Crippen molar-refractivity contribution in [3.8, 4) is 11.6 Å². The van der Waals surface area contributed by atoms with Gasteiger partial charge in [-0.15, -0.1) is 10.2 Å². The van der Waals surface area contributed by atoms with Crippen LogP contribution in [-0.2, 0) is 0 Å². The molecule has 2 aromatic carbocycles. The number of rotatable bonds is 2. The summed E-state index contributed by atoms with van der Waals surface area (Å²) >= 11 is 12.0. The Morgan fingerprint density at radius 2 is 1.87 bits per heavy atom. The van der Waals surface area contributed by atoms with Gasteiger partial charge < -0.3 is 15.2 Å². The van der Waals surface area contributed by atoms with Gasteiger partial charge in [-0.1, -0.05) is 35.3 Å². The predicted molar refractivity (Wildman–Crippen MR) is 86.9 cm³/mol. The van der Waals surface area contributed by atoms with Crippen molar-refractivity contribution in [2.45, 2.75) is 0 Å². The van der Waals surface area contributed by atoms with Crippen LogP contribution in [0, 0.1) is 0 Å². The first kappa shape index (κ1) is 15.3. The first-order chi connectivity index (χ1) is 11.0. The zero-order valence-electron chi connectivity index (χ0n) is 11.4. The van der Waals surface area contributed by atoms with E-state index in [2.05, 4.69) is 15.2 Å². The maximum absolute atomic E-state index is 12.0. The largest absolute Gasteiger partial charge is 0.507 e. The van der Waals surface area contributed by atoms with Crippen molar-refractivity contribution in [2.24, 2.45) is 10.2 Å². The number of azo groups is 1. The van der Waals surface area contributed by atoms with Crippen LogP contribution in [-0.4, -0.2) is 21.1 Å². The number of aromatic hydroxyl groups is 2. The van der Waals surface area contributed by atoms with E-state index in [1.54, 1.807) is 12.1 Å². The van der Waals surface area contributed by atoms with E-state index < -0.39 is 5.91 Å². The molecule has 8 heteroatoms.